The van der Waals surface area contributed by atoms with Gasteiger partial charge in [-0.3, -0.25) is 4.79 Å². The number of carbonyl (C=O) groups is 1. The lowest BCUT2D eigenvalue weighted by atomic mass is 10.1. The summed E-state index contributed by atoms with van der Waals surface area (Å²) in [4.78, 5) is 13.0. The van der Waals surface area contributed by atoms with E-state index in [1.807, 2.05) is 6.07 Å². The van der Waals surface area contributed by atoms with Crippen LogP contribution in [0.15, 0.2) is 56.4 Å². The van der Waals surface area contributed by atoms with Gasteiger partial charge in [-0.05, 0) is 76.8 Å². The molecule has 0 fully saturated rings. The van der Waals surface area contributed by atoms with Gasteiger partial charge in [-0.2, -0.15) is 10.1 Å². The maximum Gasteiger partial charge on any atom is 0.280 e. The predicted molar refractivity (Wildman–Crippen MR) is 127 cm³/mol. The average Bonchev–Trinajstić information content (AvgIpc) is 3.00. The fraction of sp³-hybridized carbons (Fsp3) is 0.273. The van der Waals surface area contributed by atoms with E-state index in [0.717, 1.165) is 5.56 Å². The number of hydrogen-bond donors (Lipinski definition) is 1. The fourth-order valence-electron chi connectivity index (χ4n) is 3.02. The van der Waals surface area contributed by atoms with Crippen molar-refractivity contribution in [2.24, 2.45) is 16.2 Å². The number of hydrazone groups is 1. The molecule has 170 valence electrons. The summed E-state index contributed by atoms with van der Waals surface area (Å²) < 4.78 is 34.9. The van der Waals surface area contributed by atoms with Crippen LogP contribution in [0.4, 0.5) is 5.69 Å². The Balaban J connectivity index is 1.91. The summed E-state index contributed by atoms with van der Waals surface area (Å²) in [5.74, 6) is 1.17. The van der Waals surface area contributed by atoms with E-state index in [-0.39, 0.29) is 10.8 Å². The third-order valence-corrected chi connectivity index (χ3v) is 6.11. The topological polar surface area (TPSA) is 111 Å². The molecule has 0 radical (unpaired) electrons. The highest BCUT2D eigenvalue weighted by Crippen LogP contribution is 2.38. The second-order valence-electron chi connectivity index (χ2n) is 7.64. The molecule has 32 heavy (non-hydrogen) atoms. The summed E-state index contributed by atoms with van der Waals surface area (Å²) in [5, 5.41) is 10.7. The Morgan fingerprint density at radius 2 is 1.88 bits per heavy atom. The number of benzene rings is 2. The molecule has 0 saturated heterocycles. The maximum atomic E-state index is 13.0. The molecule has 0 aromatic heterocycles. The number of ether oxygens (including phenoxy) is 2. The van der Waals surface area contributed by atoms with Gasteiger partial charge >= 0.3 is 0 Å². The van der Waals surface area contributed by atoms with Crippen molar-refractivity contribution in [1.82, 2.24) is 0 Å². The van der Waals surface area contributed by atoms with Crippen molar-refractivity contribution in [3.8, 4) is 11.5 Å². The summed E-state index contributed by atoms with van der Waals surface area (Å²) in [7, 11) is -2.26. The van der Waals surface area contributed by atoms with Gasteiger partial charge in [0.05, 0.1) is 40.1 Å². The number of anilines is 1. The number of sulfonamides is 1. The largest absolute Gasteiger partial charge is 0.493 e. The van der Waals surface area contributed by atoms with Gasteiger partial charge in [0.1, 0.15) is 0 Å². The molecular weight excluding hydrogens is 498 g/mol. The fourth-order valence-corrected chi connectivity index (χ4v) is 4.11. The van der Waals surface area contributed by atoms with Crippen molar-refractivity contribution in [3.05, 3.63) is 52.0 Å². The normalized spacial score (nSPS) is 15.5. The van der Waals surface area contributed by atoms with Crippen molar-refractivity contribution >= 4 is 49.3 Å². The number of nitrogens with zero attached hydrogens (tertiary/aromatic N) is 2. The molecule has 0 spiro atoms. The summed E-state index contributed by atoms with van der Waals surface area (Å²) in [6.45, 7) is 6.39. The van der Waals surface area contributed by atoms with E-state index >= 15 is 0 Å². The molecule has 10 heteroatoms. The molecule has 0 atom stereocenters. The second kappa shape index (κ2) is 9.43. The van der Waals surface area contributed by atoms with Gasteiger partial charge in [0, 0.05) is 0 Å². The predicted octanol–water partition coefficient (Wildman–Crippen LogP) is 3.95. The number of amides is 1. The van der Waals surface area contributed by atoms with Crippen LogP contribution in [0, 0.1) is 5.92 Å². The third kappa shape index (κ3) is 5.20. The number of hydrogen-bond acceptors (Lipinski definition) is 6. The molecule has 0 bridgehead atoms. The number of primary sulfonamides is 1. The van der Waals surface area contributed by atoms with E-state index in [2.05, 4.69) is 34.9 Å². The molecule has 2 aromatic carbocycles. The number of methoxy groups -OCH3 is 1. The van der Waals surface area contributed by atoms with E-state index < -0.39 is 10.0 Å². The molecule has 1 aliphatic heterocycles. The molecule has 0 unspecified atom stereocenters. The molecule has 3 rings (SSSR count). The summed E-state index contributed by atoms with van der Waals surface area (Å²) in [6, 6.07) is 9.27. The number of rotatable bonds is 7. The molecule has 2 N–H and O–H groups in total. The minimum Gasteiger partial charge on any atom is -0.493 e. The number of halogens is 1. The molecule has 0 saturated carbocycles. The van der Waals surface area contributed by atoms with Crippen LogP contribution < -0.4 is 19.6 Å². The summed E-state index contributed by atoms with van der Waals surface area (Å²) >= 11 is 3.52. The lowest BCUT2D eigenvalue weighted by Crippen LogP contribution is -2.21. The zero-order valence-corrected chi connectivity index (χ0v) is 20.5. The first kappa shape index (κ1) is 24.0. The van der Waals surface area contributed by atoms with Gasteiger partial charge in [0.15, 0.2) is 11.5 Å². The molecule has 1 amide bonds. The Kier molecular flexibility index (Phi) is 7.06. The maximum absolute atomic E-state index is 13.0. The minimum absolute atomic E-state index is 0.0407. The Labute approximate surface area is 195 Å². The smallest absolute Gasteiger partial charge is 0.280 e. The monoisotopic (exact) mass is 521 g/mol. The lowest BCUT2D eigenvalue weighted by Gasteiger charge is -2.15. The Hall–Kier alpha value is -2.69. The van der Waals surface area contributed by atoms with Gasteiger partial charge in [-0.1, -0.05) is 13.8 Å². The number of carbonyl (C=O) groups excluding carboxylic acids is 1. The van der Waals surface area contributed by atoms with E-state index in [9.17, 15) is 13.2 Å². The van der Waals surface area contributed by atoms with Gasteiger partial charge in [0.2, 0.25) is 10.0 Å². The van der Waals surface area contributed by atoms with E-state index in [1.54, 1.807) is 26.2 Å². The first-order valence-corrected chi connectivity index (χ1v) is 12.1. The van der Waals surface area contributed by atoms with Crippen molar-refractivity contribution in [2.75, 3.05) is 18.7 Å². The first-order chi connectivity index (χ1) is 15.0. The highest BCUT2D eigenvalue weighted by atomic mass is 79.9. The first-order valence-electron chi connectivity index (χ1n) is 9.76. The minimum atomic E-state index is -3.82. The second-order valence-corrected chi connectivity index (χ2v) is 10.1. The van der Waals surface area contributed by atoms with Crippen LogP contribution in [0.1, 0.15) is 26.3 Å². The lowest BCUT2D eigenvalue weighted by molar-refractivity contribution is -0.114. The van der Waals surface area contributed by atoms with Crippen LogP contribution in [0.2, 0.25) is 0 Å². The summed E-state index contributed by atoms with van der Waals surface area (Å²) in [6.07, 6.45) is 1.72. The Morgan fingerprint density at radius 1 is 1.22 bits per heavy atom. The van der Waals surface area contributed by atoms with Gasteiger partial charge in [-0.25, -0.2) is 13.6 Å². The van der Waals surface area contributed by atoms with Crippen molar-refractivity contribution < 1.29 is 22.7 Å². The van der Waals surface area contributed by atoms with E-state index in [4.69, 9.17) is 14.6 Å². The molecule has 0 aliphatic carbocycles. The highest BCUT2D eigenvalue weighted by Gasteiger charge is 2.29. The third-order valence-electron chi connectivity index (χ3n) is 4.60. The van der Waals surface area contributed by atoms with E-state index in [1.165, 1.54) is 29.3 Å². The molecule has 1 aliphatic rings. The van der Waals surface area contributed by atoms with Crippen molar-refractivity contribution in [2.45, 2.75) is 25.7 Å². The average molecular weight is 522 g/mol. The van der Waals surface area contributed by atoms with Crippen LogP contribution in [0.3, 0.4) is 0 Å². The SMILES string of the molecule is COc1cc(/C=C2\C(=O)N(c3ccc(S(N)(=O)=O)cc3)N=C2C)cc(Br)c1OCC(C)C. The summed E-state index contributed by atoms with van der Waals surface area (Å²) in [5.41, 5.74) is 2.10. The van der Waals surface area contributed by atoms with Crippen molar-refractivity contribution in [1.29, 1.82) is 0 Å². The van der Waals surface area contributed by atoms with Crippen LogP contribution in [-0.2, 0) is 14.8 Å². The van der Waals surface area contributed by atoms with Crippen LogP contribution in [0.5, 0.6) is 11.5 Å². The van der Waals surface area contributed by atoms with Crippen LogP contribution in [-0.4, -0.2) is 33.8 Å². The van der Waals surface area contributed by atoms with Gasteiger partial charge < -0.3 is 9.47 Å². The Bertz CT molecular complexity index is 1200. The van der Waals surface area contributed by atoms with Crippen LogP contribution in [0.25, 0.3) is 6.08 Å². The van der Waals surface area contributed by atoms with Gasteiger partial charge in [0.25, 0.3) is 5.91 Å². The quantitative estimate of drug-likeness (QED) is 0.554. The standard InChI is InChI=1S/C22H24BrN3O5S/c1-13(2)12-31-21-19(23)10-15(11-20(21)30-4)9-18-14(3)25-26(22(18)27)16-5-7-17(8-6-16)32(24,28)29/h5-11,13H,12H2,1-4H3,(H2,24,28,29)/b18-9-. The molecule has 1 heterocycles. The Morgan fingerprint density at radius 3 is 2.44 bits per heavy atom. The van der Waals surface area contributed by atoms with Crippen LogP contribution >= 0.6 is 15.9 Å². The van der Waals surface area contributed by atoms with E-state index in [0.29, 0.717) is 45.5 Å². The van der Waals surface area contributed by atoms with Gasteiger partial charge in [-0.15, -0.1) is 0 Å². The molecule has 2 aromatic rings. The highest BCUT2D eigenvalue weighted by molar-refractivity contribution is 9.10. The molecular formula is C22H24BrN3O5S. The zero-order valence-electron chi connectivity index (χ0n) is 18.1. The van der Waals surface area contributed by atoms with Crippen molar-refractivity contribution in [3.63, 3.8) is 0 Å². The zero-order chi connectivity index (χ0) is 23.6. The molecule has 8 nitrogen and oxygen atoms in total. The number of nitrogens with two attached hydrogens (primary N) is 1.